The minimum atomic E-state index is -0.658. The number of pyridine rings is 1. The van der Waals surface area contributed by atoms with Gasteiger partial charge in [0.15, 0.2) is 0 Å². The van der Waals surface area contributed by atoms with Gasteiger partial charge >= 0.3 is 0 Å². The molecule has 1 heterocycles. The maximum atomic E-state index is 13.6. The van der Waals surface area contributed by atoms with Crippen molar-refractivity contribution < 1.29 is 8.78 Å². The second-order valence-electron chi connectivity index (χ2n) is 3.72. The van der Waals surface area contributed by atoms with E-state index in [0.29, 0.717) is 12.1 Å². The van der Waals surface area contributed by atoms with E-state index in [2.05, 4.69) is 4.98 Å². The smallest absolute Gasteiger partial charge is 0.137 e. The van der Waals surface area contributed by atoms with Crippen molar-refractivity contribution in [2.24, 2.45) is 0 Å². The lowest BCUT2D eigenvalue weighted by atomic mass is 10.0. The van der Waals surface area contributed by atoms with Crippen LogP contribution in [0.15, 0.2) is 12.1 Å². The zero-order valence-electron chi connectivity index (χ0n) is 9.14. The Morgan fingerprint density at radius 1 is 1.31 bits per heavy atom. The molecule has 16 heavy (non-hydrogen) atoms. The van der Waals surface area contributed by atoms with Crippen LogP contribution in [0.3, 0.4) is 0 Å². The highest BCUT2D eigenvalue weighted by Gasteiger charge is 2.13. The molecular formula is C12H12F2N2. The first-order valence-corrected chi connectivity index (χ1v) is 5.08. The lowest BCUT2D eigenvalue weighted by Crippen LogP contribution is -2.02. The molecule has 4 heteroatoms. The van der Waals surface area contributed by atoms with Crippen molar-refractivity contribution in [2.75, 3.05) is 5.73 Å². The maximum Gasteiger partial charge on any atom is 0.137 e. The monoisotopic (exact) mass is 222 g/mol. The van der Waals surface area contributed by atoms with Crippen LogP contribution in [0.5, 0.6) is 0 Å². The minimum Gasteiger partial charge on any atom is -0.398 e. The molecule has 0 amide bonds. The second-order valence-corrected chi connectivity index (χ2v) is 3.72. The molecule has 0 unspecified atom stereocenters. The van der Waals surface area contributed by atoms with Crippen LogP contribution < -0.4 is 5.73 Å². The van der Waals surface area contributed by atoms with Gasteiger partial charge in [-0.3, -0.25) is 4.98 Å². The summed E-state index contributed by atoms with van der Waals surface area (Å²) in [6.45, 7) is 3.71. The quantitative estimate of drug-likeness (QED) is 0.805. The number of fused-ring (bicyclic) bond motifs is 1. The molecule has 2 aromatic rings. The van der Waals surface area contributed by atoms with E-state index >= 15 is 0 Å². The van der Waals surface area contributed by atoms with Gasteiger partial charge in [0.1, 0.15) is 11.6 Å². The zero-order chi connectivity index (χ0) is 11.9. The fraction of sp³-hybridized carbons (Fsp3) is 0.250. The van der Waals surface area contributed by atoms with Gasteiger partial charge in [0, 0.05) is 23.5 Å². The van der Waals surface area contributed by atoms with Gasteiger partial charge in [-0.05, 0) is 18.9 Å². The molecular weight excluding hydrogens is 210 g/mol. The summed E-state index contributed by atoms with van der Waals surface area (Å²) in [6, 6.07) is 2.02. The van der Waals surface area contributed by atoms with Crippen LogP contribution in [0.25, 0.3) is 10.9 Å². The first-order chi connectivity index (χ1) is 7.54. The molecule has 1 aromatic heterocycles. The predicted molar refractivity (Wildman–Crippen MR) is 60.2 cm³/mol. The number of halogens is 2. The van der Waals surface area contributed by atoms with Crippen LogP contribution in [0.2, 0.25) is 0 Å². The number of rotatable bonds is 1. The number of nitrogen functional groups attached to an aromatic ring is 1. The topological polar surface area (TPSA) is 38.9 Å². The number of aromatic nitrogens is 1. The number of nitrogens with two attached hydrogens (primary N) is 1. The summed E-state index contributed by atoms with van der Waals surface area (Å²) in [4.78, 5) is 4.17. The van der Waals surface area contributed by atoms with E-state index in [0.717, 1.165) is 17.3 Å². The number of hydrogen-bond acceptors (Lipinski definition) is 2. The van der Waals surface area contributed by atoms with Crippen molar-refractivity contribution in [1.82, 2.24) is 4.98 Å². The van der Waals surface area contributed by atoms with Crippen molar-refractivity contribution in [3.05, 3.63) is 35.0 Å². The lowest BCUT2D eigenvalue weighted by Gasteiger charge is -2.11. The summed E-state index contributed by atoms with van der Waals surface area (Å²) >= 11 is 0. The van der Waals surface area contributed by atoms with Gasteiger partial charge in [-0.2, -0.15) is 0 Å². The van der Waals surface area contributed by atoms with E-state index in [1.54, 1.807) is 6.92 Å². The highest BCUT2D eigenvalue weighted by Crippen LogP contribution is 2.28. The van der Waals surface area contributed by atoms with Crippen molar-refractivity contribution in [2.45, 2.75) is 20.3 Å². The summed E-state index contributed by atoms with van der Waals surface area (Å²) in [5, 5.41) is 0.212. The van der Waals surface area contributed by atoms with Crippen molar-refractivity contribution >= 4 is 16.6 Å². The molecule has 0 aliphatic heterocycles. The van der Waals surface area contributed by atoms with Crippen molar-refractivity contribution in [3.8, 4) is 0 Å². The Balaban J connectivity index is 2.93. The summed E-state index contributed by atoms with van der Waals surface area (Å²) in [6.07, 6.45) is 0.678. The van der Waals surface area contributed by atoms with E-state index in [1.165, 1.54) is 6.07 Å². The lowest BCUT2D eigenvalue weighted by molar-refractivity contribution is 0.591. The Morgan fingerprint density at radius 3 is 2.62 bits per heavy atom. The third-order valence-corrected chi connectivity index (χ3v) is 2.71. The molecule has 2 nitrogen and oxygen atoms in total. The number of aryl methyl sites for hydroxylation is 1. The predicted octanol–water partition coefficient (Wildman–Crippen LogP) is 2.97. The standard InChI is InChI=1S/C12H12F2N2/c1-3-8-6(2)16-10-5-7(13)4-9(14)11(10)12(8)15/h4-5H,3H2,1-2H3,(H2,15,16). The van der Waals surface area contributed by atoms with Crippen LogP contribution in [0.4, 0.5) is 14.5 Å². The Kier molecular flexibility index (Phi) is 2.50. The largest absolute Gasteiger partial charge is 0.398 e. The molecule has 0 radical (unpaired) electrons. The van der Waals surface area contributed by atoms with Gasteiger partial charge in [0.05, 0.1) is 10.9 Å². The van der Waals surface area contributed by atoms with Crippen LogP contribution in [0.1, 0.15) is 18.2 Å². The zero-order valence-corrected chi connectivity index (χ0v) is 9.14. The summed E-state index contributed by atoms with van der Waals surface area (Å²) in [5.41, 5.74) is 8.05. The number of benzene rings is 1. The molecule has 1 aromatic carbocycles. The molecule has 0 spiro atoms. The van der Waals surface area contributed by atoms with Gasteiger partial charge in [-0.15, -0.1) is 0 Å². The summed E-state index contributed by atoms with van der Waals surface area (Å²) < 4.78 is 26.6. The van der Waals surface area contributed by atoms with Gasteiger partial charge in [0.2, 0.25) is 0 Å². The number of hydrogen-bond donors (Lipinski definition) is 1. The van der Waals surface area contributed by atoms with E-state index in [4.69, 9.17) is 5.73 Å². The molecule has 0 aliphatic rings. The molecule has 0 saturated heterocycles. The van der Waals surface area contributed by atoms with E-state index in [-0.39, 0.29) is 10.9 Å². The molecule has 0 fully saturated rings. The summed E-state index contributed by atoms with van der Waals surface area (Å²) in [7, 11) is 0. The average molecular weight is 222 g/mol. The van der Waals surface area contributed by atoms with Crippen molar-refractivity contribution in [1.29, 1.82) is 0 Å². The molecule has 0 aliphatic carbocycles. The van der Waals surface area contributed by atoms with Crippen molar-refractivity contribution in [3.63, 3.8) is 0 Å². The van der Waals surface area contributed by atoms with Gasteiger partial charge in [-0.1, -0.05) is 6.92 Å². The van der Waals surface area contributed by atoms with Crippen LogP contribution in [-0.4, -0.2) is 4.98 Å². The Morgan fingerprint density at radius 2 is 2.00 bits per heavy atom. The molecule has 0 atom stereocenters. The molecule has 0 saturated carbocycles. The highest BCUT2D eigenvalue weighted by atomic mass is 19.1. The van der Waals surface area contributed by atoms with Gasteiger partial charge in [0.25, 0.3) is 0 Å². The summed E-state index contributed by atoms with van der Waals surface area (Å²) in [5.74, 6) is -1.30. The second kappa shape index (κ2) is 3.70. The van der Waals surface area contributed by atoms with Gasteiger partial charge in [-0.25, -0.2) is 8.78 Å². The molecule has 0 bridgehead atoms. The third-order valence-electron chi connectivity index (χ3n) is 2.71. The fourth-order valence-corrected chi connectivity index (χ4v) is 1.96. The first kappa shape index (κ1) is 10.8. The Labute approximate surface area is 92.1 Å². The molecule has 2 N–H and O–H groups in total. The first-order valence-electron chi connectivity index (χ1n) is 5.08. The Bertz CT molecular complexity index is 565. The molecule has 84 valence electrons. The normalized spacial score (nSPS) is 11.0. The SMILES string of the molecule is CCc1c(C)nc2cc(F)cc(F)c2c1N. The van der Waals surface area contributed by atoms with Gasteiger partial charge < -0.3 is 5.73 Å². The van der Waals surface area contributed by atoms with E-state index in [1.807, 2.05) is 6.92 Å². The highest BCUT2D eigenvalue weighted by molar-refractivity contribution is 5.92. The third kappa shape index (κ3) is 1.50. The molecule has 2 rings (SSSR count). The number of nitrogens with zero attached hydrogens (tertiary/aromatic N) is 1. The average Bonchev–Trinajstić information content (AvgIpc) is 2.15. The van der Waals surface area contributed by atoms with Crippen LogP contribution in [0, 0.1) is 18.6 Å². The van der Waals surface area contributed by atoms with E-state index < -0.39 is 11.6 Å². The van der Waals surface area contributed by atoms with Crippen LogP contribution >= 0.6 is 0 Å². The van der Waals surface area contributed by atoms with E-state index in [9.17, 15) is 8.78 Å². The fourth-order valence-electron chi connectivity index (χ4n) is 1.96. The number of anilines is 1. The Hall–Kier alpha value is -1.71. The minimum absolute atomic E-state index is 0.212. The maximum absolute atomic E-state index is 13.6. The van der Waals surface area contributed by atoms with Crippen LogP contribution in [-0.2, 0) is 6.42 Å².